The van der Waals surface area contributed by atoms with Crippen molar-refractivity contribution in [3.63, 3.8) is 0 Å². The molecule has 8 aromatic rings. The summed E-state index contributed by atoms with van der Waals surface area (Å²) >= 11 is 0. The second-order valence-corrected chi connectivity index (χ2v) is 27.0. The van der Waals surface area contributed by atoms with Crippen LogP contribution in [-0.2, 0) is 90.2 Å². The highest BCUT2D eigenvalue weighted by molar-refractivity contribution is 5.94. The van der Waals surface area contributed by atoms with Crippen molar-refractivity contribution in [1.82, 2.24) is 5.32 Å². The molecule has 11 rings (SSSR count). The average Bonchev–Trinajstić information content (AvgIpc) is 0.759. The fraction of sp³-hybridized carbons (Fsp3) is 0.330. The highest BCUT2D eigenvalue weighted by atomic mass is 16.8. The van der Waals surface area contributed by atoms with Crippen molar-refractivity contribution in [2.45, 2.75) is 151 Å². The van der Waals surface area contributed by atoms with Crippen LogP contribution < -0.4 is 5.32 Å². The number of amides is 1. The summed E-state index contributed by atoms with van der Waals surface area (Å²) in [4.78, 5) is 157. The highest BCUT2D eigenvalue weighted by Crippen LogP contribution is 2.39. The molecule has 15 unspecified atom stereocenters. The van der Waals surface area contributed by atoms with Crippen molar-refractivity contribution in [1.29, 1.82) is 0 Å². The van der Waals surface area contributed by atoms with Crippen molar-refractivity contribution >= 4 is 65.6 Å². The van der Waals surface area contributed by atoms with Gasteiger partial charge in [-0.1, -0.05) is 171 Å². The molecule has 0 saturated carbocycles. The van der Waals surface area contributed by atoms with Gasteiger partial charge in [0.15, 0.2) is 67.7 Å². The number of nitrogens with one attached hydrogen (secondary N) is 1. The van der Waals surface area contributed by atoms with Crippen LogP contribution in [0.2, 0.25) is 0 Å². The van der Waals surface area contributed by atoms with E-state index in [2.05, 4.69) is 5.32 Å². The molecule has 606 valence electrons. The van der Waals surface area contributed by atoms with Gasteiger partial charge in [-0.25, -0.2) is 38.4 Å². The Hall–Kier alpha value is -12.3. The summed E-state index contributed by atoms with van der Waals surface area (Å²) in [5.74, 6) is -10.2. The third-order valence-corrected chi connectivity index (χ3v) is 18.7. The highest BCUT2D eigenvalue weighted by Gasteiger charge is 2.60. The van der Waals surface area contributed by atoms with Crippen LogP contribution in [0, 0.1) is 0 Å². The Morgan fingerprint density at radius 2 is 0.534 bits per heavy atom. The topological polar surface area (TPSA) is 347 Å². The van der Waals surface area contributed by atoms with Crippen LogP contribution in [0.25, 0.3) is 0 Å². The van der Waals surface area contributed by atoms with E-state index in [-0.39, 0.29) is 57.0 Å². The molecule has 15 atom stereocenters. The minimum absolute atomic E-state index is 0.00860. The zero-order valence-corrected chi connectivity index (χ0v) is 63.6. The van der Waals surface area contributed by atoms with Crippen LogP contribution in [-0.4, -0.2) is 191 Å². The molecule has 3 saturated heterocycles. The van der Waals surface area contributed by atoms with Crippen LogP contribution >= 0.6 is 0 Å². The summed E-state index contributed by atoms with van der Waals surface area (Å²) in [6, 6.07) is 61.2. The minimum atomic E-state index is -2.20. The van der Waals surface area contributed by atoms with Gasteiger partial charge in [0.25, 0.3) is 0 Å². The Labute approximate surface area is 668 Å². The molecule has 0 radical (unpaired) electrons. The third kappa shape index (κ3) is 23.7. The fourth-order valence-corrected chi connectivity index (χ4v) is 13.0. The first-order valence-corrected chi connectivity index (χ1v) is 37.8. The Balaban J connectivity index is 1.04. The van der Waals surface area contributed by atoms with E-state index >= 15 is 0 Å². The first-order valence-electron chi connectivity index (χ1n) is 37.8. The third-order valence-electron chi connectivity index (χ3n) is 18.7. The lowest BCUT2D eigenvalue weighted by Crippen LogP contribution is -2.68. The summed E-state index contributed by atoms with van der Waals surface area (Å²) < 4.78 is 103. The summed E-state index contributed by atoms with van der Waals surface area (Å²) in [6.45, 7) is -0.580. The maximum absolute atomic E-state index is 14.9. The van der Waals surface area contributed by atoms with Crippen LogP contribution in [0.4, 0.5) is 0 Å². The summed E-state index contributed by atoms with van der Waals surface area (Å²) in [7, 11) is 1.56. The zero-order valence-electron chi connectivity index (χ0n) is 63.6. The zero-order chi connectivity index (χ0) is 81.7. The molecular weight excluding hydrogens is 1500 g/mol. The second-order valence-electron chi connectivity index (χ2n) is 27.0. The molecule has 3 heterocycles. The SMILES string of the molecule is CNC(=O)CCCCCCCCOC1OC(COC2OC(COC(=O)c3ccccc3)C(OC(=O)c3ccccc3)C(OC(=O)c3ccccc3)C2OC(=O)c2ccccc2)C(OC(C)=O)C(OC2OC(COC(=O)c3ccccc3)C(OC(=O)c3ccccc3)C(OC(=O)c3ccccc3)C2OC(=O)c2ccccc2)C1OC(C)=O. The average molecular weight is 1590 g/mol. The summed E-state index contributed by atoms with van der Waals surface area (Å²) in [5, 5.41) is 2.62. The number of hydrogen-bond donors (Lipinski definition) is 1. The minimum Gasteiger partial charge on any atom is -0.459 e. The lowest BCUT2D eigenvalue weighted by molar-refractivity contribution is -0.365. The van der Waals surface area contributed by atoms with Gasteiger partial charge >= 0.3 is 59.7 Å². The van der Waals surface area contributed by atoms with Crippen LogP contribution in [0.5, 0.6) is 0 Å². The van der Waals surface area contributed by atoms with Crippen LogP contribution in [0.3, 0.4) is 0 Å². The van der Waals surface area contributed by atoms with Gasteiger partial charge in [-0.2, -0.15) is 0 Å². The first kappa shape index (κ1) is 84.6. The second kappa shape index (κ2) is 42.7. The number of ether oxygens (including phenoxy) is 16. The van der Waals surface area contributed by atoms with Gasteiger partial charge in [-0.05, 0) is 110 Å². The molecule has 28 nitrogen and oxygen atoms in total. The van der Waals surface area contributed by atoms with Crippen molar-refractivity contribution < 1.29 is 129 Å². The Morgan fingerprint density at radius 3 is 0.879 bits per heavy atom. The fourth-order valence-electron chi connectivity index (χ4n) is 13.0. The molecule has 1 N–H and O–H groups in total. The van der Waals surface area contributed by atoms with E-state index in [1.54, 1.807) is 141 Å². The maximum atomic E-state index is 14.9. The van der Waals surface area contributed by atoms with E-state index in [9.17, 15) is 52.7 Å². The van der Waals surface area contributed by atoms with Crippen molar-refractivity contribution in [2.75, 3.05) is 33.5 Å². The van der Waals surface area contributed by atoms with Gasteiger partial charge in [0.05, 0.1) is 51.1 Å². The molecule has 8 aromatic carbocycles. The lowest BCUT2D eigenvalue weighted by Gasteiger charge is -2.49. The van der Waals surface area contributed by atoms with Gasteiger partial charge in [-0.15, -0.1) is 0 Å². The van der Waals surface area contributed by atoms with E-state index < -0.39 is 172 Å². The van der Waals surface area contributed by atoms with Crippen molar-refractivity contribution in [3.8, 4) is 0 Å². The lowest BCUT2D eigenvalue weighted by atomic mass is 9.95. The van der Waals surface area contributed by atoms with E-state index in [0.717, 1.165) is 26.7 Å². The van der Waals surface area contributed by atoms with E-state index in [0.29, 0.717) is 32.1 Å². The van der Waals surface area contributed by atoms with Crippen LogP contribution in [0.1, 0.15) is 142 Å². The van der Waals surface area contributed by atoms with Crippen molar-refractivity contribution in [3.05, 3.63) is 287 Å². The van der Waals surface area contributed by atoms with Crippen molar-refractivity contribution in [2.24, 2.45) is 0 Å². The quantitative estimate of drug-likeness (QED) is 0.0219. The normalized spacial score (nSPS) is 22.8. The molecule has 0 aliphatic carbocycles. The molecule has 0 spiro atoms. The molecule has 0 bridgehead atoms. The number of carbonyl (C=O) groups excluding carboxylic acids is 11. The molecule has 28 heteroatoms. The number of unbranched alkanes of at least 4 members (excludes halogenated alkanes) is 5. The van der Waals surface area contributed by atoms with Gasteiger partial charge in [0, 0.05) is 33.9 Å². The summed E-state index contributed by atoms with van der Waals surface area (Å²) in [5.41, 5.74) is -0.0236. The molecule has 3 aliphatic heterocycles. The molecule has 116 heavy (non-hydrogen) atoms. The van der Waals surface area contributed by atoms with Gasteiger partial charge in [-0.3, -0.25) is 14.4 Å². The predicted octanol–water partition coefficient (Wildman–Crippen LogP) is 11.0. The first-order chi connectivity index (χ1) is 56.4. The Kier molecular flexibility index (Phi) is 31.1. The summed E-state index contributed by atoms with van der Waals surface area (Å²) in [6.07, 6.45) is -24.9. The predicted molar refractivity (Wildman–Crippen MR) is 408 cm³/mol. The van der Waals surface area contributed by atoms with Gasteiger partial charge in [0.1, 0.15) is 37.6 Å². The van der Waals surface area contributed by atoms with E-state index in [1.165, 1.54) is 109 Å². The molecule has 3 fully saturated rings. The Bertz CT molecular complexity index is 4550. The Morgan fingerprint density at radius 1 is 0.276 bits per heavy atom. The monoisotopic (exact) mass is 1590 g/mol. The number of esters is 10. The standard InChI is InChI=1S/C88H87NO27/c1-55(90)105-69-67(54-104-87-76(114-84(99)63-46-28-14-29-47-63)72(112-82(97)61-42-24-12-25-43-61)70(110-80(95)59-38-20-10-21-39-59)65(108-87)52-102-78(93)57-34-16-8-17-35-57)107-86(101-51-33-7-5-4-6-32-50-68(92)89-3)75(106-56(2)91)74(69)116-88-77(115-85(100)64-48-30-15-31-49-64)73(113-83(98)62-44-26-13-27-45-62)71(111-81(96)60-40-22-11-23-41-60)66(109-88)53-103-79(94)58-36-18-9-19-37-58/h8-31,34-49,65-67,69-77,86-88H,4-7,32-33,50-54H2,1-3H3,(H,89,92). The van der Waals surface area contributed by atoms with E-state index in [4.69, 9.17) is 75.8 Å². The number of benzene rings is 8. The van der Waals surface area contributed by atoms with Gasteiger partial charge < -0.3 is 81.1 Å². The van der Waals surface area contributed by atoms with Gasteiger partial charge in [0.2, 0.25) is 5.91 Å². The smallest absolute Gasteiger partial charge is 0.338 e. The largest absolute Gasteiger partial charge is 0.459 e. The maximum Gasteiger partial charge on any atom is 0.338 e. The molecule has 3 aliphatic rings. The number of carbonyl (C=O) groups is 11. The molecule has 1 amide bonds. The van der Waals surface area contributed by atoms with Crippen LogP contribution in [0.15, 0.2) is 243 Å². The molecular formula is C88H87NO27. The number of hydrogen-bond acceptors (Lipinski definition) is 27. The van der Waals surface area contributed by atoms with E-state index in [1.807, 2.05) is 0 Å². The number of rotatable bonds is 35. The molecule has 0 aromatic heterocycles.